The Balaban J connectivity index is 0. The van der Waals surface area contributed by atoms with Crippen molar-refractivity contribution in [2.75, 3.05) is 0 Å². The van der Waals surface area contributed by atoms with E-state index in [2.05, 4.69) is 6.92 Å². The standard InChI is InChI=1S/C15H32O4S.K/c1-3-10-14(16)12-8-6-5-7-9-13-15(11-4-2)20(17,18)19;/h14-16H,3-13H2,1-2H3,(H,17,18,19);/q;+1/p-1. The summed E-state index contributed by atoms with van der Waals surface area (Å²) < 4.78 is 33.1. The molecular formula is C15H31KO4S. The third-order valence-corrected chi connectivity index (χ3v) is 4.99. The van der Waals surface area contributed by atoms with Gasteiger partial charge in [0, 0.05) is 5.25 Å². The molecule has 2 unspecified atom stereocenters. The van der Waals surface area contributed by atoms with E-state index in [1.807, 2.05) is 6.92 Å². The Hall–Kier alpha value is 1.51. The largest absolute Gasteiger partial charge is 1.00 e. The van der Waals surface area contributed by atoms with E-state index < -0.39 is 15.4 Å². The fraction of sp³-hybridized carbons (Fsp3) is 1.00. The Labute approximate surface area is 173 Å². The van der Waals surface area contributed by atoms with Crippen molar-refractivity contribution >= 4 is 10.1 Å². The van der Waals surface area contributed by atoms with E-state index in [9.17, 15) is 18.1 Å². The molecule has 0 saturated carbocycles. The van der Waals surface area contributed by atoms with Crippen LogP contribution in [-0.4, -0.2) is 29.4 Å². The molecule has 0 aliphatic carbocycles. The second kappa shape index (κ2) is 15.1. The van der Waals surface area contributed by atoms with Gasteiger partial charge in [-0.15, -0.1) is 0 Å². The quantitative estimate of drug-likeness (QED) is 0.301. The molecule has 0 aromatic rings. The summed E-state index contributed by atoms with van der Waals surface area (Å²) in [6.45, 7) is 3.97. The van der Waals surface area contributed by atoms with E-state index in [4.69, 9.17) is 0 Å². The maximum atomic E-state index is 11.0. The molecule has 0 aliphatic heterocycles. The van der Waals surface area contributed by atoms with Gasteiger partial charge >= 0.3 is 51.4 Å². The van der Waals surface area contributed by atoms with Crippen molar-refractivity contribution in [3.05, 3.63) is 0 Å². The first-order valence-electron chi connectivity index (χ1n) is 8.04. The summed E-state index contributed by atoms with van der Waals surface area (Å²) in [5.41, 5.74) is 0. The van der Waals surface area contributed by atoms with Gasteiger partial charge in [-0.1, -0.05) is 58.8 Å². The second-order valence-corrected chi connectivity index (χ2v) is 7.34. The third-order valence-electron chi connectivity index (χ3n) is 3.70. The molecule has 0 aromatic carbocycles. The van der Waals surface area contributed by atoms with Crippen molar-refractivity contribution in [3.63, 3.8) is 0 Å². The van der Waals surface area contributed by atoms with Gasteiger partial charge in [-0.05, 0) is 25.7 Å². The molecule has 0 radical (unpaired) electrons. The van der Waals surface area contributed by atoms with Crippen molar-refractivity contribution in [3.8, 4) is 0 Å². The molecule has 0 bridgehead atoms. The molecule has 0 fully saturated rings. The number of unbranched alkanes of at least 4 members (excludes halogenated alkanes) is 4. The van der Waals surface area contributed by atoms with Crippen LogP contribution in [0.25, 0.3) is 0 Å². The molecular weight excluding hydrogens is 315 g/mol. The van der Waals surface area contributed by atoms with Gasteiger partial charge in [0.2, 0.25) is 0 Å². The third kappa shape index (κ3) is 14.8. The summed E-state index contributed by atoms with van der Waals surface area (Å²) in [6.07, 6.45) is 9.24. The van der Waals surface area contributed by atoms with Crippen molar-refractivity contribution in [2.45, 2.75) is 95.8 Å². The fourth-order valence-corrected chi connectivity index (χ4v) is 3.49. The smallest absolute Gasteiger partial charge is 0.748 e. The minimum atomic E-state index is -4.13. The van der Waals surface area contributed by atoms with Crippen LogP contribution < -0.4 is 51.4 Å². The summed E-state index contributed by atoms with van der Waals surface area (Å²) in [6, 6.07) is 0. The summed E-state index contributed by atoms with van der Waals surface area (Å²) in [4.78, 5) is 0. The zero-order valence-electron chi connectivity index (χ0n) is 14.0. The minimum absolute atomic E-state index is 0. The molecule has 2 atom stereocenters. The maximum Gasteiger partial charge on any atom is 1.00 e. The number of aliphatic hydroxyl groups excluding tert-OH is 1. The molecule has 122 valence electrons. The Kier molecular flexibility index (Phi) is 17.8. The normalized spacial score (nSPS) is 14.5. The van der Waals surface area contributed by atoms with E-state index >= 15 is 0 Å². The zero-order valence-corrected chi connectivity index (χ0v) is 18.0. The average molecular weight is 347 g/mol. The molecule has 0 aromatic heterocycles. The van der Waals surface area contributed by atoms with Gasteiger partial charge < -0.3 is 9.66 Å². The molecule has 0 spiro atoms. The second-order valence-electron chi connectivity index (χ2n) is 5.69. The van der Waals surface area contributed by atoms with E-state index in [0.717, 1.165) is 57.8 Å². The predicted molar refractivity (Wildman–Crippen MR) is 81.6 cm³/mol. The van der Waals surface area contributed by atoms with Crippen molar-refractivity contribution < 1.29 is 69.5 Å². The van der Waals surface area contributed by atoms with Crippen molar-refractivity contribution in [1.29, 1.82) is 0 Å². The molecule has 0 aliphatic rings. The van der Waals surface area contributed by atoms with Gasteiger partial charge in [-0.25, -0.2) is 8.42 Å². The molecule has 0 saturated heterocycles. The van der Waals surface area contributed by atoms with E-state index in [1.54, 1.807) is 0 Å². The number of rotatable bonds is 13. The first-order valence-corrected chi connectivity index (χ1v) is 9.51. The molecule has 6 heteroatoms. The Morgan fingerprint density at radius 2 is 1.33 bits per heavy atom. The first-order chi connectivity index (χ1) is 9.41. The average Bonchev–Trinajstić information content (AvgIpc) is 2.35. The van der Waals surface area contributed by atoms with E-state index in [0.29, 0.717) is 12.8 Å². The van der Waals surface area contributed by atoms with E-state index in [-0.39, 0.29) is 57.5 Å². The predicted octanol–water partition coefficient (Wildman–Crippen LogP) is 0.596. The van der Waals surface area contributed by atoms with Crippen LogP contribution in [0.1, 0.15) is 84.5 Å². The van der Waals surface area contributed by atoms with Crippen LogP contribution in [-0.2, 0) is 10.1 Å². The molecule has 21 heavy (non-hydrogen) atoms. The maximum absolute atomic E-state index is 11.0. The van der Waals surface area contributed by atoms with Gasteiger partial charge in [0.1, 0.15) is 0 Å². The van der Waals surface area contributed by atoms with Gasteiger partial charge in [-0.3, -0.25) is 0 Å². The van der Waals surface area contributed by atoms with Crippen LogP contribution in [0.2, 0.25) is 0 Å². The Morgan fingerprint density at radius 3 is 1.81 bits per heavy atom. The summed E-state index contributed by atoms with van der Waals surface area (Å²) in [7, 11) is -4.13. The fourth-order valence-electron chi connectivity index (χ4n) is 2.51. The van der Waals surface area contributed by atoms with Crippen LogP contribution in [0.4, 0.5) is 0 Å². The summed E-state index contributed by atoms with van der Waals surface area (Å²) in [5.74, 6) is 0. The van der Waals surface area contributed by atoms with Gasteiger partial charge in [0.05, 0.1) is 16.2 Å². The van der Waals surface area contributed by atoms with Gasteiger partial charge in [-0.2, -0.15) is 0 Å². The number of hydrogen-bond acceptors (Lipinski definition) is 4. The van der Waals surface area contributed by atoms with E-state index in [1.165, 1.54) is 0 Å². The van der Waals surface area contributed by atoms with Crippen LogP contribution >= 0.6 is 0 Å². The van der Waals surface area contributed by atoms with Crippen LogP contribution in [0.3, 0.4) is 0 Å². The molecule has 1 N–H and O–H groups in total. The SMILES string of the molecule is CCCC(O)CCCCCCCC(CCC)S(=O)(=O)[O-].[K+]. The topological polar surface area (TPSA) is 77.4 Å². The zero-order chi connectivity index (χ0) is 15.4. The van der Waals surface area contributed by atoms with Crippen molar-refractivity contribution in [1.82, 2.24) is 0 Å². The Morgan fingerprint density at radius 1 is 0.857 bits per heavy atom. The monoisotopic (exact) mass is 346 g/mol. The molecule has 4 nitrogen and oxygen atoms in total. The number of aliphatic hydroxyl groups is 1. The van der Waals surface area contributed by atoms with Gasteiger partial charge in [0.25, 0.3) is 0 Å². The number of hydrogen-bond donors (Lipinski definition) is 1. The van der Waals surface area contributed by atoms with Gasteiger partial charge in [0.15, 0.2) is 0 Å². The first kappa shape index (κ1) is 24.8. The molecule has 0 amide bonds. The summed E-state index contributed by atoms with van der Waals surface area (Å²) in [5, 5.41) is 8.88. The molecule has 0 rings (SSSR count). The molecule has 0 heterocycles. The summed E-state index contributed by atoms with van der Waals surface area (Å²) >= 11 is 0. The van der Waals surface area contributed by atoms with Crippen LogP contribution in [0.5, 0.6) is 0 Å². The Bertz CT molecular complexity index is 320. The van der Waals surface area contributed by atoms with Crippen LogP contribution in [0.15, 0.2) is 0 Å². The van der Waals surface area contributed by atoms with Crippen molar-refractivity contribution in [2.24, 2.45) is 0 Å². The minimum Gasteiger partial charge on any atom is -0.748 e. The van der Waals surface area contributed by atoms with Crippen LogP contribution in [0, 0.1) is 0 Å².